The van der Waals surface area contributed by atoms with Gasteiger partial charge in [-0.05, 0) is 33.7 Å². The predicted octanol–water partition coefficient (Wildman–Crippen LogP) is -0.635. The highest BCUT2D eigenvalue weighted by molar-refractivity contribution is 6.68. The lowest BCUT2D eigenvalue weighted by Gasteiger charge is -2.20. The molecule has 6 heteroatoms. The lowest BCUT2D eigenvalue weighted by atomic mass is 9.60. The van der Waals surface area contributed by atoms with Crippen molar-refractivity contribution < 1.29 is 4.42 Å². The van der Waals surface area contributed by atoms with Crippen LogP contribution in [0.25, 0.3) is 55.0 Å². The molecule has 0 N–H and O–H groups in total. The van der Waals surface area contributed by atoms with Gasteiger partial charge in [-0.15, -0.1) is 16.4 Å². The molecule has 0 saturated carbocycles. The zero-order valence-corrected chi connectivity index (χ0v) is 20.4. The van der Waals surface area contributed by atoms with Crippen LogP contribution in [0.4, 0.5) is 0 Å². The van der Waals surface area contributed by atoms with Crippen LogP contribution in [0.1, 0.15) is 0 Å². The summed E-state index contributed by atoms with van der Waals surface area (Å²) in [6.07, 6.45) is 0. The Labute approximate surface area is 204 Å². The fourth-order valence-corrected chi connectivity index (χ4v) is 5.59. The molecule has 0 aliphatic heterocycles. The molecule has 1 nitrogen and oxygen atoms in total. The number of hydrogen-bond donors (Lipinski definition) is 0. The zero-order chi connectivity index (χ0) is 23.6. The van der Waals surface area contributed by atoms with Gasteiger partial charge in [0, 0.05) is 22.1 Å². The van der Waals surface area contributed by atoms with Crippen molar-refractivity contribution in [3.63, 3.8) is 0 Å². The maximum Gasteiger partial charge on any atom is 0.142 e. The SMILES string of the molecule is Bc1c(B)c(B)c(-c2oc3ccccc3c2-c2c3ccccc3cc3ccccc23)c(B)c1B. The van der Waals surface area contributed by atoms with Crippen LogP contribution >= 0.6 is 0 Å². The Morgan fingerprint density at radius 3 is 1.50 bits per heavy atom. The molecule has 1 aromatic heterocycles. The van der Waals surface area contributed by atoms with Gasteiger partial charge in [0.15, 0.2) is 0 Å². The minimum atomic E-state index is 0.930. The van der Waals surface area contributed by atoms with E-state index >= 15 is 0 Å². The summed E-state index contributed by atoms with van der Waals surface area (Å²) < 4.78 is 6.75. The van der Waals surface area contributed by atoms with Crippen molar-refractivity contribution >= 4 is 99.1 Å². The molecular formula is C28H23B5O. The standard InChI is InChI=1S/C28H23B5O/c29-23-22(24(30)26(32)27(33)25(23)31)28-21(18-11-5-6-12-19(18)34-28)20-16-9-3-1-7-14(16)13-15-8-2-4-10-17(15)20/h1-13H,29-33H2. The molecule has 34 heavy (non-hydrogen) atoms. The Morgan fingerprint density at radius 2 is 0.912 bits per heavy atom. The first-order chi connectivity index (χ1) is 16.5. The number of benzene rings is 5. The first-order valence-corrected chi connectivity index (χ1v) is 12.0. The molecule has 5 aromatic carbocycles. The fourth-order valence-electron chi connectivity index (χ4n) is 5.59. The highest BCUT2D eigenvalue weighted by Gasteiger charge is 2.24. The van der Waals surface area contributed by atoms with Crippen molar-refractivity contribution in [2.24, 2.45) is 0 Å². The van der Waals surface area contributed by atoms with Crippen LogP contribution in [-0.2, 0) is 0 Å². The molecule has 6 aromatic rings. The van der Waals surface area contributed by atoms with Gasteiger partial charge in [0.05, 0.1) is 0 Å². The Balaban J connectivity index is 1.86. The Kier molecular flexibility index (Phi) is 4.81. The highest BCUT2D eigenvalue weighted by Crippen LogP contribution is 2.45. The Morgan fingerprint density at radius 1 is 0.441 bits per heavy atom. The van der Waals surface area contributed by atoms with E-state index in [1.165, 1.54) is 65.5 Å². The highest BCUT2D eigenvalue weighted by atomic mass is 16.3. The van der Waals surface area contributed by atoms with Crippen molar-refractivity contribution in [2.75, 3.05) is 0 Å². The third kappa shape index (κ3) is 2.94. The number of furan rings is 1. The van der Waals surface area contributed by atoms with Crippen LogP contribution in [0.2, 0.25) is 0 Å². The van der Waals surface area contributed by atoms with Gasteiger partial charge in [-0.2, -0.15) is 0 Å². The summed E-state index contributed by atoms with van der Waals surface area (Å²) in [7, 11) is 11.2. The largest absolute Gasteiger partial charge is 0.455 e. The molecule has 0 atom stereocenters. The maximum atomic E-state index is 6.75. The quantitative estimate of drug-likeness (QED) is 0.264. The van der Waals surface area contributed by atoms with E-state index in [9.17, 15) is 0 Å². The average molecular weight is 430 g/mol. The summed E-state index contributed by atoms with van der Waals surface area (Å²) in [5, 5.41) is 6.16. The Hall–Kier alpha value is -3.52. The van der Waals surface area contributed by atoms with E-state index in [1.54, 1.807) is 0 Å². The average Bonchev–Trinajstić information content (AvgIpc) is 3.23. The van der Waals surface area contributed by atoms with Crippen LogP contribution in [0, 0.1) is 0 Å². The molecular weight excluding hydrogens is 406 g/mol. The van der Waals surface area contributed by atoms with Crippen molar-refractivity contribution in [2.45, 2.75) is 0 Å². The molecule has 1 heterocycles. The van der Waals surface area contributed by atoms with Crippen LogP contribution < -0.4 is 27.3 Å². The molecule has 0 unspecified atom stereocenters. The van der Waals surface area contributed by atoms with Crippen LogP contribution in [0.3, 0.4) is 0 Å². The summed E-state index contributed by atoms with van der Waals surface area (Å²) in [4.78, 5) is 0. The number of fused-ring (bicyclic) bond motifs is 3. The molecule has 0 amide bonds. The maximum absolute atomic E-state index is 6.75. The smallest absolute Gasteiger partial charge is 0.142 e. The molecule has 0 fully saturated rings. The summed E-state index contributed by atoms with van der Waals surface area (Å²) in [5.74, 6) is 0.976. The molecule has 0 radical (unpaired) electrons. The van der Waals surface area contributed by atoms with Gasteiger partial charge in [0.2, 0.25) is 0 Å². The van der Waals surface area contributed by atoms with Crippen molar-refractivity contribution in [3.05, 3.63) is 78.9 Å². The van der Waals surface area contributed by atoms with Gasteiger partial charge in [0.25, 0.3) is 0 Å². The van der Waals surface area contributed by atoms with Gasteiger partial charge in [0.1, 0.15) is 50.6 Å². The van der Waals surface area contributed by atoms with E-state index in [0.717, 1.165) is 16.7 Å². The van der Waals surface area contributed by atoms with Crippen molar-refractivity contribution in [1.82, 2.24) is 0 Å². The van der Waals surface area contributed by atoms with Crippen LogP contribution in [-0.4, -0.2) is 39.2 Å². The normalized spacial score (nSPS) is 11.5. The lowest BCUT2D eigenvalue weighted by molar-refractivity contribution is 0.633. The number of para-hydroxylation sites is 1. The lowest BCUT2D eigenvalue weighted by Crippen LogP contribution is -2.55. The van der Waals surface area contributed by atoms with Gasteiger partial charge in [-0.1, -0.05) is 77.7 Å². The first-order valence-electron chi connectivity index (χ1n) is 12.0. The zero-order valence-electron chi connectivity index (χ0n) is 20.4. The van der Waals surface area contributed by atoms with E-state index < -0.39 is 0 Å². The van der Waals surface area contributed by atoms with E-state index in [4.69, 9.17) is 4.42 Å². The van der Waals surface area contributed by atoms with E-state index in [2.05, 4.69) is 118 Å². The Bertz CT molecular complexity index is 1680. The molecule has 0 aliphatic carbocycles. The van der Waals surface area contributed by atoms with Gasteiger partial charge in [-0.3, -0.25) is 0 Å². The summed E-state index contributed by atoms with van der Waals surface area (Å²) >= 11 is 0. The molecule has 0 aliphatic rings. The van der Waals surface area contributed by atoms with Gasteiger partial charge in [-0.25, -0.2) is 0 Å². The molecule has 0 spiro atoms. The second-order valence-corrected chi connectivity index (χ2v) is 9.50. The second kappa shape index (κ2) is 7.77. The second-order valence-electron chi connectivity index (χ2n) is 9.50. The molecule has 156 valence electrons. The molecule has 6 rings (SSSR count). The van der Waals surface area contributed by atoms with Crippen LogP contribution in [0.5, 0.6) is 0 Å². The van der Waals surface area contributed by atoms with E-state index in [0.29, 0.717) is 0 Å². The topological polar surface area (TPSA) is 13.1 Å². The molecule has 0 bridgehead atoms. The van der Waals surface area contributed by atoms with Gasteiger partial charge >= 0.3 is 0 Å². The minimum absolute atomic E-state index is 0.930. The third-order valence-corrected chi connectivity index (χ3v) is 7.84. The number of hydrogen-bond acceptors (Lipinski definition) is 1. The monoisotopic (exact) mass is 430 g/mol. The van der Waals surface area contributed by atoms with Crippen molar-refractivity contribution in [3.8, 4) is 22.5 Å². The minimum Gasteiger partial charge on any atom is -0.455 e. The predicted molar refractivity (Wildman–Crippen MR) is 163 cm³/mol. The fraction of sp³-hybridized carbons (Fsp3) is 0. The van der Waals surface area contributed by atoms with Gasteiger partial charge < -0.3 is 4.42 Å². The summed E-state index contributed by atoms with van der Waals surface area (Å²) in [6.45, 7) is 0. The summed E-state index contributed by atoms with van der Waals surface area (Å²) in [6, 6.07) is 28.2. The first kappa shape index (κ1) is 21.0. The van der Waals surface area contributed by atoms with Crippen molar-refractivity contribution in [1.29, 1.82) is 0 Å². The molecule has 0 saturated heterocycles. The summed E-state index contributed by atoms with van der Waals surface area (Å²) in [5.41, 5.74) is 11.2. The third-order valence-electron chi connectivity index (χ3n) is 7.84. The van der Waals surface area contributed by atoms with Crippen LogP contribution in [0.15, 0.2) is 83.3 Å². The number of rotatable bonds is 2. The van der Waals surface area contributed by atoms with E-state index in [1.807, 2.05) is 0 Å². The van der Waals surface area contributed by atoms with E-state index in [-0.39, 0.29) is 0 Å².